The molecule has 5 rings (SSSR count). The number of urea groups is 1. The van der Waals surface area contributed by atoms with Crippen molar-refractivity contribution >= 4 is 58.2 Å². The molecular formula is C28H34Cl2N4O2S. The van der Waals surface area contributed by atoms with Gasteiger partial charge < -0.3 is 16.0 Å². The van der Waals surface area contributed by atoms with Crippen LogP contribution in [0.5, 0.6) is 0 Å². The van der Waals surface area contributed by atoms with Crippen molar-refractivity contribution in [2.75, 3.05) is 18.9 Å². The number of nitrogens with one attached hydrogen (secondary N) is 3. The highest BCUT2D eigenvalue weighted by molar-refractivity contribution is 7.80. The topological polar surface area (TPSA) is 73.5 Å². The Morgan fingerprint density at radius 2 is 1.81 bits per heavy atom. The van der Waals surface area contributed by atoms with Gasteiger partial charge in [0, 0.05) is 40.9 Å². The van der Waals surface area contributed by atoms with Crippen molar-refractivity contribution in [3.8, 4) is 0 Å². The summed E-state index contributed by atoms with van der Waals surface area (Å²) in [6, 6.07) is 12.0. The number of nitrogens with zero attached hydrogens (tertiary/aromatic N) is 1. The number of thiocarbonyl (C=S) groups is 1. The second kappa shape index (κ2) is 11.2. The highest BCUT2D eigenvalue weighted by atomic mass is 35.5. The minimum atomic E-state index is -0.481. The first-order chi connectivity index (χ1) is 17.5. The molecule has 0 aliphatic heterocycles. The molecular weight excluding hydrogens is 527 g/mol. The van der Waals surface area contributed by atoms with Crippen molar-refractivity contribution in [1.29, 1.82) is 0 Å². The van der Waals surface area contributed by atoms with Gasteiger partial charge in [0.1, 0.15) is 0 Å². The number of halogens is 2. The predicted molar refractivity (Wildman–Crippen MR) is 154 cm³/mol. The molecule has 2 aromatic carbocycles. The van der Waals surface area contributed by atoms with Crippen LogP contribution in [-0.4, -0.2) is 41.6 Å². The van der Waals surface area contributed by atoms with Gasteiger partial charge >= 0.3 is 6.03 Å². The Labute approximate surface area is 234 Å². The third-order valence-electron chi connectivity index (χ3n) is 8.38. The number of benzene rings is 2. The number of carbonyl (C=O) groups is 2. The largest absolute Gasteiger partial charge is 0.359 e. The monoisotopic (exact) mass is 560 g/mol. The lowest BCUT2D eigenvalue weighted by Gasteiger charge is -2.62. The molecule has 3 aliphatic carbocycles. The van der Waals surface area contributed by atoms with Crippen molar-refractivity contribution in [2.45, 2.75) is 46.1 Å². The Hall–Kier alpha value is -2.35. The standard InChI is InChI=1S/C28H34Cl2N4O2S/c1-16-22-13-19(28(22,2)3)14-24(16)33-26(37)32-21-9-6-18(7-10-21)25(35)34(27(36)31-4)12-11-17-5-8-20(29)15-23(17)30/h5-10,15-16,19,22,24H,11-14H2,1-4H3,(H,31,36)(H2,32,33,37)/t16-,19+,22-,24-/m0/s1. The van der Waals surface area contributed by atoms with Crippen LogP contribution in [0, 0.1) is 23.2 Å². The maximum absolute atomic E-state index is 13.2. The molecule has 0 spiro atoms. The predicted octanol–water partition coefficient (Wildman–Crippen LogP) is 6.37. The molecule has 0 saturated heterocycles. The zero-order chi connectivity index (χ0) is 26.9. The van der Waals surface area contributed by atoms with Crippen LogP contribution in [0.25, 0.3) is 0 Å². The van der Waals surface area contributed by atoms with Crippen molar-refractivity contribution in [2.24, 2.45) is 23.2 Å². The number of imide groups is 1. The van der Waals surface area contributed by atoms with Gasteiger partial charge in [-0.25, -0.2) is 4.79 Å². The maximum Gasteiger partial charge on any atom is 0.324 e. The highest BCUT2D eigenvalue weighted by Crippen LogP contribution is 2.61. The Morgan fingerprint density at radius 1 is 1.11 bits per heavy atom. The van der Waals surface area contributed by atoms with Gasteiger partial charge in [-0.05, 0) is 96.6 Å². The third-order valence-corrected chi connectivity index (χ3v) is 9.19. The van der Waals surface area contributed by atoms with E-state index in [1.54, 1.807) is 42.5 Å². The zero-order valence-corrected chi connectivity index (χ0v) is 23.9. The first-order valence-electron chi connectivity index (χ1n) is 12.7. The van der Waals surface area contributed by atoms with E-state index in [4.69, 9.17) is 35.4 Å². The first kappa shape index (κ1) is 27.7. The van der Waals surface area contributed by atoms with Crippen LogP contribution in [-0.2, 0) is 6.42 Å². The lowest BCUT2D eigenvalue weighted by Crippen LogP contribution is -2.61. The van der Waals surface area contributed by atoms with Crippen molar-refractivity contribution in [3.63, 3.8) is 0 Å². The number of hydrogen-bond donors (Lipinski definition) is 3. The van der Waals surface area contributed by atoms with Gasteiger partial charge in [0.15, 0.2) is 5.11 Å². The minimum Gasteiger partial charge on any atom is -0.359 e. The average molecular weight is 562 g/mol. The minimum absolute atomic E-state index is 0.173. The van der Waals surface area contributed by atoms with Gasteiger partial charge in [-0.2, -0.15) is 0 Å². The number of anilines is 1. The van der Waals surface area contributed by atoms with Crippen LogP contribution in [0.1, 0.15) is 49.5 Å². The lowest BCUT2D eigenvalue weighted by molar-refractivity contribution is -0.111. The molecule has 0 unspecified atom stereocenters. The van der Waals surface area contributed by atoms with E-state index in [1.807, 2.05) is 0 Å². The van der Waals surface area contributed by atoms with E-state index < -0.39 is 11.9 Å². The van der Waals surface area contributed by atoms with Gasteiger partial charge in [0.2, 0.25) is 0 Å². The smallest absolute Gasteiger partial charge is 0.324 e. The second-order valence-corrected chi connectivity index (χ2v) is 12.0. The number of amides is 3. The van der Waals surface area contributed by atoms with Gasteiger partial charge in [-0.1, -0.05) is 50.0 Å². The Balaban J connectivity index is 1.35. The molecule has 4 atom stereocenters. The van der Waals surface area contributed by atoms with Gasteiger partial charge in [-0.3, -0.25) is 9.69 Å². The molecule has 3 saturated carbocycles. The lowest BCUT2D eigenvalue weighted by atomic mass is 9.45. The summed E-state index contributed by atoms with van der Waals surface area (Å²) < 4.78 is 0. The SMILES string of the molecule is CNC(=O)N(CCc1ccc(Cl)cc1Cl)C(=O)c1ccc(NC(=S)N[C@H]2C[C@H]3C[C@@H]([C@@H]2C)C3(C)C)cc1. The Morgan fingerprint density at radius 3 is 2.41 bits per heavy atom. The molecule has 2 aromatic rings. The molecule has 198 valence electrons. The Kier molecular flexibility index (Phi) is 8.36. The summed E-state index contributed by atoms with van der Waals surface area (Å²) in [7, 11) is 1.50. The van der Waals surface area contributed by atoms with Crippen LogP contribution in [0.2, 0.25) is 10.0 Å². The van der Waals surface area contributed by atoms with E-state index in [0.29, 0.717) is 44.5 Å². The maximum atomic E-state index is 13.2. The molecule has 2 bridgehead atoms. The molecule has 3 amide bonds. The van der Waals surface area contributed by atoms with Crippen molar-refractivity contribution < 1.29 is 9.59 Å². The van der Waals surface area contributed by atoms with Crippen LogP contribution in [0.4, 0.5) is 10.5 Å². The second-order valence-electron chi connectivity index (χ2n) is 10.7. The molecule has 0 heterocycles. The van der Waals surface area contributed by atoms with E-state index in [-0.39, 0.29) is 6.54 Å². The molecule has 0 aromatic heterocycles. The molecule has 3 aliphatic rings. The molecule has 6 nitrogen and oxygen atoms in total. The third kappa shape index (κ3) is 5.89. The zero-order valence-electron chi connectivity index (χ0n) is 21.6. The van der Waals surface area contributed by atoms with Gasteiger partial charge in [-0.15, -0.1) is 0 Å². The van der Waals surface area contributed by atoms with Crippen LogP contribution in [0.3, 0.4) is 0 Å². The summed E-state index contributed by atoms with van der Waals surface area (Å²) in [6.45, 7) is 7.26. The molecule has 37 heavy (non-hydrogen) atoms. The fraction of sp³-hybridized carbons (Fsp3) is 0.464. The molecule has 3 N–H and O–H groups in total. The van der Waals surface area contributed by atoms with Crippen LogP contribution >= 0.6 is 35.4 Å². The normalized spacial score (nSPS) is 23.4. The number of rotatable bonds is 6. The number of carbonyl (C=O) groups excluding carboxylic acids is 2. The summed E-state index contributed by atoms with van der Waals surface area (Å²) in [6.07, 6.45) is 2.87. The average Bonchev–Trinajstić information content (AvgIpc) is 2.86. The van der Waals surface area contributed by atoms with Crippen LogP contribution in [0.15, 0.2) is 42.5 Å². The first-order valence-corrected chi connectivity index (χ1v) is 13.8. The number of fused-ring (bicyclic) bond motifs is 2. The Bertz CT molecular complexity index is 1190. The van der Waals surface area contributed by atoms with Crippen molar-refractivity contribution in [3.05, 3.63) is 63.6 Å². The number of hydrogen-bond acceptors (Lipinski definition) is 3. The van der Waals surface area contributed by atoms with E-state index in [0.717, 1.165) is 29.5 Å². The highest BCUT2D eigenvalue weighted by Gasteiger charge is 2.56. The fourth-order valence-corrected chi connectivity index (χ4v) is 6.69. The summed E-state index contributed by atoms with van der Waals surface area (Å²) in [5.41, 5.74) is 2.42. The molecule has 9 heteroatoms. The van der Waals surface area contributed by atoms with Gasteiger partial charge in [0.05, 0.1) is 0 Å². The summed E-state index contributed by atoms with van der Waals surface area (Å²) in [5.74, 6) is 1.65. The fourth-order valence-electron chi connectivity index (χ4n) is 5.91. The summed E-state index contributed by atoms with van der Waals surface area (Å²) in [5, 5.41) is 10.9. The van der Waals surface area contributed by atoms with E-state index >= 15 is 0 Å². The van der Waals surface area contributed by atoms with E-state index in [2.05, 4.69) is 36.7 Å². The molecule has 3 fully saturated rings. The molecule has 0 radical (unpaired) electrons. The van der Waals surface area contributed by atoms with E-state index in [1.165, 1.54) is 18.4 Å². The van der Waals surface area contributed by atoms with Crippen LogP contribution < -0.4 is 16.0 Å². The quantitative estimate of drug-likeness (QED) is 0.358. The van der Waals surface area contributed by atoms with Gasteiger partial charge in [0.25, 0.3) is 5.91 Å². The summed E-state index contributed by atoms with van der Waals surface area (Å²) >= 11 is 17.8. The van der Waals surface area contributed by atoms with Crippen molar-refractivity contribution in [1.82, 2.24) is 15.5 Å². The summed E-state index contributed by atoms with van der Waals surface area (Å²) in [4.78, 5) is 26.8. The van der Waals surface area contributed by atoms with E-state index in [9.17, 15) is 9.59 Å².